The van der Waals surface area contributed by atoms with Crippen LogP contribution in [0.5, 0.6) is 0 Å². The Morgan fingerprint density at radius 3 is 2.27 bits per heavy atom. The fourth-order valence-electron chi connectivity index (χ4n) is 0.979. The summed E-state index contributed by atoms with van der Waals surface area (Å²) in [5.74, 6) is 0. The molecule has 0 aliphatic heterocycles. The lowest BCUT2D eigenvalue weighted by molar-refractivity contribution is -0.143. The SMILES string of the molecule is O=c1cc(Cl)[nH]c(C(F)(F)F)c1C(F)F. The lowest BCUT2D eigenvalue weighted by Gasteiger charge is -2.11. The van der Waals surface area contributed by atoms with Crippen LogP contribution in [-0.4, -0.2) is 4.98 Å². The Labute approximate surface area is 84.7 Å². The monoisotopic (exact) mass is 247 g/mol. The topological polar surface area (TPSA) is 32.9 Å². The highest BCUT2D eigenvalue weighted by molar-refractivity contribution is 6.29. The summed E-state index contributed by atoms with van der Waals surface area (Å²) in [6.07, 6.45) is -8.59. The first kappa shape index (κ1) is 12.0. The molecule has 0 radical (unpaired) electrons. The van der Waals surface area contributed by atoms with Gasteiger partial charge >= 0.3 is 6.18 Å². The quantitative estimate of drug-likeness (QED) is 0.601. The van der Waals surface area contributed by atoms with Gasteiger partial charge in [-0.15, -0.1) is 0 Å². The molecule has 0 fully saturated rings. The Bertz CT molecular complexity index is 424. The van der Waals surface area contributed by atoms with E-state index in [2.05, 4.69) is 0 Å². The number of aromatic amines is 1. The molecule has 0 aliphatic rings. The van der Waals surface area contributed by atoms with Crippen LogP contribution in [0.1, 0.15) is 17.7 Å². The van der Waals surface area contributed by atoms with Gasteiger partial charge in [0.1, 0.15) is 10.8 Å². The zero-order chi connectivity index (χ0) is 11.8. The predicted octanol–water partition coefficient (Wildman–Crippen LogP) is 2.98. The minimum Gasteiger partial charge on any atom is -0.341 e. The van der Waals surface area contributed by atoms with Crippen molar-refractivity contribution in [1.29, 1.82) is 0 Å². The standard InChI is InChI=1S/C7H3ClF5NO/c8-3-1-2(15)4(6(9)10)5(14-3)7(11,12)13/h1,6H,(H,14,15). The maximum Gasteiger partial charge on any atom is 0.431 e. The minimum absolute atomic E-state index is 0.471. The van der Waals surface area contributed by atoms with E-state index in [-0.39, 0.29) is 0 Å². The molecule has 0 amide bonds. The molecule has 15 heavy (non-hydrogen) atoms. The number of alkyl halides is 5. The van der Waals surface area contributed by atoms with Gasteiger partial charge in [-0.05, 0) is 0 Å². The lowest BCUT2D eigenvalue weighted by Crippen LogP contribution is -2.20. The zero-order valence-corrected chi connectivity index (χ0v) is 7.59. The molecule has 2 nitrogen and oxygen atoms in total. The maximum absolute atomic E-state index is 12.2. The molecule has 1 rings (SSSR count). The molecule has 0 saturated carbocycles. The molecule has 1 aromatic rings. The average Bonchev–Trinajstić information content (AvgIpc) is 1.99. The molecule has 1 N–H and O–H groups in total. The van der Waals surface area contributed by atoms with Crippen LogP contribution in [-0.2, 0) is 6.18 Å². The molecule has 0 spiro atoms. The minimum atomic E-state index is -5.07. The summed E-state index contributed by atoms with van der Waals surface area (Å²) >= 11 is 5.13. The van der Waals surface area contributed by atoms with E-state index in [0.29, 0.717) is 6.07 Å². The van der Waals surface area contributed by atoms with Crippen LogP contribution in [0.3, 0.4) is 0 Å². The number of rotatable bonds is 1. The molecule has 0 unspecified atom stereocenters. The first-order chi connectivity index (χ1) is 6.73. The number of hydrogen-bond donors (Lipinski definition) is 1. The zero-order valence-electron chi connectivity index (χ0n) is 6.83. The first-order valence-corrected chi connectivity index (χ1v) is 3.89. The van der Waals surface area contributed by atoms with Crippen molar-refractivity contribution >= 4 is 11.6 Å². The van der Waals surface area contributed by atoms with Crippen LogP contribution < -0.4 is 5.43 Å². The molecule has 84 valence electrons. The fourth-order valence-corrected chi connectivity index (χ4v) is 1.17. The number of aromatic nitrogens is 1. The largest absolute Gasteiger partial charge is 0.431 e. The van der Waals surface area contributed by atoms with Gasteiger partial charge in [0.15, 0.2) is 5.43 Å². The average molecular weight is 248 g/mol. The molecular formula is C7H3ClF5NO. The lowest BCUT2D eigenvalue weighted by atomic mass is 10.2. The van der Waals surface area contributed by atoms with Crippen LogP contribution in [0.25, 0.3) is 0 Å². The predicted molar refractivity (Wildman–Crippen MR) is 42.0 cm³/mol. The molecule has 8 heteroatoms. The van der Waals surface area contributed by atoms with E-state index < -0.39 is 34.4 Å². The van der Waals surface area contributed by atoms with Crippen LogP contribution in [0.4, 0.5) is 22.0 Å². The second-order valence-corrected chi connectivity index (χ2v) is 2.98. The van der Waals surface area contributed by atoms with Crippen LogP contribution >= 0.6 is 11.6 Å². The number of pyridine rings is 1. The molecule has 0 saturated heterocycles. The van der Waals surface area contributed by atoms with Gasteiger partial charge in [0, 0.05) is 6.07 Å². The Balaban J connectivity index is 3.55. The molecule has 0 atom stereocenters. The van der Waals surface area contributed by atoms with Crippen molar-refractivity contribution in [3.05, 3.63) is 32.7 Å². The van der Waals surface area contributed by atoms with Crippen molar-refractivity contribution in [2.24, 2.45) is 0 Å². The Morgan fingerprint density at radius 2 is 1.87 bits per heavy atom. The molecule has 0 aromatic carbocycles. The molecular weight excluding hydrogens is 245 g/mol. The summed E-state index contributed by atoms with van der Waals surface area (Å²) in [6, 6.07) is 0.471. The van der Waals surface area contributed by atoms with E-state index in [1.165, 1.54) is 4.98 Å². The smallest absolute Gasteiger partial charge is 0.341 e. The van der Waals surface area contributed by atoms with Gasteiger partial charge in [-0.25, -0.2) is 8.78 Å². The van der Waals surface area contributed by atoms with Crippen molar-refractivity contribution in [2.45, 2.75) is 12.6 Å². The van der Waals surface area contributed by atoms with Gasteiger partial charge in [-0.3, -0.25) is 4.79 Å². The van der Waals surface area contributed by atoms with E-state index >= 15 is 0 Å². The van der Waals surface area contributed by atoms with Gasteiger partial charge in [-0.1, -0.05) is 11.6 Å². The highest BCUT2D eigenvalue weighted by Gasteiger charge is 2.38. The molecule has 0 bridgehead atoms. The Kier molecular flexibility index (Phi) is 3.03. The summed E-state index contributed by atoms with van der Waals surface area (Å²) in [5.41, 5.74) is -4.87. The number of hydrogen-bond acceptors (Lipinski definition) is 1. The van der Waals surface area contributed by atoms with Gasteiger partial charge < -0.3 is 4.98 Å². The van der Waals surface area contributed by atoms with E-state index in [4.69, 9.17) is 11.6 Å². The third-order valence-corrected chi connectivity index (χ3v) is 1.74. The summed E-state index contributed by atoms with van der Waals surface area (Å²) in [5, 5.41) is -0.642. The van der Waals surface area contributed by atoms with Crippen molar-refractivity contribution < 1.29 is 22.0 Å². The van der Waals surface area contributed by atoms with E-state index in [1.54, 1.807) is 0 Å². The molecule has 1 aromatic heterocycles. The summed E-state index contributed by atoms with van der Waals surface area (Å²) in [4.78, 5) is 12.4. The third kappa shape index (κ3) is 2.47. The van der Waals surface area contributed by atoms with Crippen LogP contribution in [0.15, 0.2) is 10.9 Å². The number of nitrogens with one attached hydrogen (secondary N) is 1. The third-order valence-electron chi connectivity index (χ3n) is 1.54. The van der Waals surface area contributed by atoms with Gasteiger partial charge in [0.25, 0.3) is 6.43 Å². The Hall–Kier alpha value is -1.11. The summed E-state index contributed by atoms with van der Waals surface area (Å²) in [7, 11) is 0. The van der Waals surface area contributed by atoms with E-state index in [0.717, 1.165) is 0 Å². The van der Waals surface area contributed by atoms with Crippen molar-refractivity contribution in [3.63, 3.8) is 0 Å². The van der Waals surface area contributed by atoms with Crippen LogP contribution in [0.2, 0.25) is 5.15 Å². The van der Waals surface area contributed by atoms with E-state index in [1.807, 2.05) is 0 Å². The second kappa shape index (κ2) is 3.80. The second-order valence-electron chi connectivity index (χ2n) is 2.57. The first-order valence-electron chi connectivity index (χ1n) is 3.51. The Morgan fingerprint density at radius 1 is 1.33 bits per heavy atom. The van der Waals surface area contributed by atoms with Crippen molar-refractivity contribution in [2.75, 3.05) is 0 Å². The highest BCUT2D eigenvalue weighted by atomic mass is 35.5. The van der Waals surface area contributed by atoms with Gasteiger partial charge in [0.05, 0.1) is 5.56 Å². The fraction of sp³-hybridized carbons (Fsp3) is 0.286. The summed E-state index contributed by atoms with van der Waals surface area (Å²) < 4.78 is 61.0. The van der Waals surface area contributed by atoms with Gasteiger partial charge in [-0.2, -0.15) is 13.2 Å². The maximum atomic E-state index is 12.2. The van der Waals surface area contributed by atoms with Gasteiger partial charge in [0.2, 0.25) is 0 Å². The highest BCUT2D eigenvalue weighted by Crippen LogP contribution is 2.33. The molecule has 1 heterocycles. The van der Waals surface area contributed by atoms with Crippen molar-refractivity contribution in [3.8, 4) is 0 Å². The van der Waals surface area contributed by atoms with Crippen molar-refractivity contribution in [1.82, 2.24) is 4.98 Å². The number of halogens is 6. The molecule has 0 aliphatic carbocycles. The van der Waals surface area contributed by atoms with Crippen LogP contribution in [0, 0.1) is 0 Å². The van der Waals surface area contributed by atoms with E-state index in [9.17, 15) is 26.7 Å². The normalized spacial score (nSPS) is 12.2. The summed E-state index contributed by atoms with van der Waals surface area (Å²) in [6.45, 7) is 0. The number of H-pyrrole nitrogens is 1.